The minimum Gasteiger partial charge on any atom is -0.329 e. The second kappa shape index (κ2) is 4.07. The molecule has 1 aromatic rings. The maximum absolute atomic E-state index is 10.9. The van der Waals surface area contributed by atoms with E-state index in [1.54, 1.807) is 12.3 Å². The molecule has 0 aliphatic heterocycles. The number of H-pyrrole nitrogens is 1. The molecular formula is C9H14N2O. The fourth-order valence-corrected chi connectivity index (χ4v) is 1.07. The number of aromatic nitrogens is 1. The molecule has 1 atom stereocenters. The van der Waals surface area contributed by atoms with Gasteiger partial charge in [0.25, 0.3) is 0 Å². The summed E-state index contributed by atoms with van der Waals surface area (Å²) in [5.74, 6) is 0. The zero-order valence-electron chi connectivity index (χ0n) is 7.42. The first-order valence-electron chi connectivity index (χ1n) is 4.07. The number of nitrogens with one attached hydrogen (secondary N) is 2. The lowest BCUT2D eigenvalue weighted by molar-refractivity contribution is 0.608. The number of pyridine rings is 1. The van der Waals surface area contributed by atoms with Crippen LogP contribution in [-0.4, -0.2) is 18.1 Å². The fraction of sp³-hybridized carbons (Fsp3) is 0.444. The Hall–Kier alpha value is -1.09. The molecule has 3 nitrogen and oxygen atoms in total. The summed E-state index contributed by atoms with van der Waals surface area (Å²) in [7, 11) is 1.91. The molecule has 1 unspecified atom stereocenters. The Bertz CT molecular complexity index is 293. The molecule has 66 valence electrons. The highest BCUT2D eigenvalue weighted by molar-refractivity contribution is 5.11. The van der Waals surface area contributed by atoms with Crippen LogP contribution in [0.1, 0.15) is 12.5 Å². The SMILES string of the molecule is CNC(C)Cc1cc[nH]c(=O)c1. The van der Waals surface area contributed by atoms with E-state index in [9.17, 15) is 4.79 Å². The lowest BCUT2D eigenvalue weighted by atomic mass is 10.1. The smallest absolute Gasteiger partial charge is 0.248 e. The average molecular weight is 166 g/mol. The first-order chi connectivity index (χ1) is 5.72. The third kappa shape index (κ3) is 2.51. The van der Waals surface area contributed by atoms with Crippen molar-refractivity contribution in [3.63, 3.8) is 0 Å². The largest absolute Gasteiger partial charge is 0.329 e. The Morgan fingerprint density at radius 3 is 3.00 bits per heavy atom. The summed E-state index contributed by atoms with van der Waals surface area (Å²) >= 11 is 0. The first-order valence-corrected chi connectivity index (χ1v) is 4.07. The van der Waals surface area contributed by atoms with Crippen molar-refractivity contribution >= 4 is 0 Å². The van der Waals surface area contributed by atoms with Gasteiger partial charge in [-0.3, -0.25) is 4.79 Å². The van der Waals surface area contributed by atoms with Gasteiger partial charge >= 0.3 is 0 Å². The third-order valence-corrected chi connectivity index (χ3v) is 1.87. The maximum Gasteiger partial charge on any atom is 0.248 e. The van der Waals surface area contributed by atoms with Crippen LogP contribution in [0.2, 0.25) is 0 Å². The van der Waals surface area contributed by atoms with Crippen molar-refractivity contribution in [2.24, 2.45) is 0 Å². The fourth-order valence-electron chi connectivity index (χ4n) is 1.07. The first kappa shape index (κ1) is 9.00. The Morgan fingerprint density at radius 2 is 2.42 bits per heavy atom. The van der Waals surface area contributed by atoms with E-state index in [1.165, 1.54) is 0 Å². The van der Waals surface area contributed by atoms with Gasteiger partial charge in [0.1, 0.15) is 0 Å². The van der Waals surface area contributed by atoms with Gasteiger partial charge in [-0.05, 0) is 32.0 Å². The molecule has 0 saturated carbocycles. The highest BCUT2D eigenvalue weighted by Crippen LogP contribution is 1.97. The maximum atomic E-state index is 10.9. The lowest BCUT2D eigenvalue weighted by Crippen LogP contribution is -2.24. The van der Waals surface area contributed by atoms with Gasteiger partial charge in [0.15, 0.2) is 0 Å². The quantitative estimate of drug-likeness (QED) is 0.687. The number of aromatic amines is 1. The van der Waals surface area contributed by atoms with Crippen LogP contribution < -0.4 is 10.9 Å². The molecule has 1 aromatic heterocycles. The molecule has 0 fully saturated rings. The predicted octanol–water partition coefficient (Wildman–Crippen LogP) is 0.525. The van der Waals surface area contributed by atoms with E-state index in [2.05, 4.69) is 17.2 Å². The Kier molecular flexibility index (Phi) is 3.05. The standard InChI is InChI=1S/C9H14N2O/c1-7(10-2)5-8-3-4-11-9(12)6-8/h3-4,6-7,10H,5H2,1-2H3,(H,11,12). The normalized spacial score (nSPS) is 12.8. The summed E-state index contributed by atoms with van der Waals surface area (Å²) < 4.78 is 0. The van der Waals surface area contributed by atoms with Crippen LogP contribution >= 0.6 is 0 Å². The molecule has 0 aliphatic rings. The molecule has 0 radical (unpaired) electrons. The van der Waals surface area contributed by atoms with Crippen LogP contribution in [0.3, 0.4) is 0 Å². The highest BCUT2D eigenvalue weighted by atomic mass is 16.1. The van der Waals surface area contributed by atoms with Crippen molar-refractivity contribution in [3.05, 3.63) is 34.2 Å². The van der Waals surface area contributed by atoms with Crippen molar-refractivity contribution in [1.29, 1.82) is 0 Å². The Morgan fingerprint density at radius 1 is 1.67 bits per heavy atom. The van der Waals surface area contributed by atoms with Crippen LogP contribution in [-0.2, 0) is 6.42 Å². The van der Waals surface area contributed by atoms with Gasteiger partial charge in [-0.2, -0.15) is 0 Å². The van der Waals surface area contributed by atoms with Crippen molar-refractivity contribution in [3.8, 4) is 0 Å². The zero-order valence-corrected chi connectivity index (χ0v) is 7.42. The second-order valence-electron chi connectivity index (χ2n) is 2.96. The van der Waals surface area contributed by atoms with Crippen molar-refractivity contribution < 1.29 is 0 Å². The van der Waals surface area contributed by atoms with E-state index < -0.39 is 0 Å². The van der Waals surface area contributed by atoms with Crippen LogP contribution in [0.15, 0.2) is 23.1 Å². The lowest BCUT2D eigenvalue weighted by Gasteiger charge is -2.08. The van der Waals surface area contributed by atoms with Gasteiger partial charge in [-0.25, -0.2) is 0 Å². The van der Waals surface area contributed by atoms with E-state index in [0.717, 1.165) is 12.0 Å². The van der Waals surface area contributed by atoms with Crippen molar-refractivity contribution in [2.45, 2.75) is 19.4 Å². The monoisotopic (exact) mass is 166 g/mol. The topological polar surface area (TPSA) is 44.9 Å². The highest BCUT2D eigenvalue weighted by Gasteiger charge is 1.99. The molecule has 12 heavy (non-hydrogen) atoms. The van der Waals surface area contributed by atoms with E-state index >= 15 is 0 Å². The van der Waals surface area contributed by atoms with Crippen LogP contribution in [0, 0.1) is 0 Å². The summed E-state index contributed by atoms with van der Waals surface area (Å²) in [5, 5.41) is 3.12. The summed E-state index contributed by atoms with van der Waals surface area (Å²) in [4.78, 5) is 13.5. The molecule has 0 aliphatic carbocycles. The molecule has 1 rings (SSSR count). The van der Waals surface area contributed by atoms with Crippen LogP contribution in [0.5, 0.6) is 0 Å². The molecule has 0 aromatic carbocycles. The van der Waals surface area contributed by atoms with Gasteiger partial charge in [0.2, 0.25) is 5.56 Å². The Labute approximate surface area is 71.8 Å². The molecule has 0 spiro atoms. The van der Waals surface area contributed by atoms with Gasteiger partial charge in [0.05, 0.1) is 0 Å². The summed E-state index contributed by atoms with van der Waals surface area (Å²) in [6.45, 7) is 2.08. The number of hydrogen-bond donors (Lipinski definition) is 2. The molecule has 2 N–H and O–H groups in total. The van der Waals surface area contributed by atoms with Crippen molar-refractivity contribution in [1.82, 2.24) is 10.3 Å². The van der Waals surface area contributed by atoms with Gasteiger partial charge in [0, 0.05) is 18.3 Å². The summed E-state index contributed by atoms with van der Waals surface area (Å²) in [5.41, 5.74) is 1.04. The van der Waals surface area contributed by atoms with E-state index in [-0.39, 0.29) is 5.56 Å². The molecule has 0 saturated heterocycles. The second-order valence-corrected chi connectivity index (χ2v) is 2.96. The minimum absolute atomic E-state index is 0.0317. The Balaban J connectivity index is 2.69. The molecule has 0 bridgehead atoms. The van der Waals surface area contributed by atoms with Crippen LogP contribution in [0.25, 0.3) is 0 Å². The van der Waals surface area contributed by atoms with Gasteiger partial charge in [-0.1, -0.05) is 0 Å². The molecule has 3 heteroatoms. The summed E-state index contributed by atoms with van der Waals surface area (Å²) in [6, 6.07) is 3.97. The minimum atomic E-state index is -0.0317. The number of likely N-dealkylation sites (N-methyl/N-ethyl adjacent to an activating group) is 1. The summed E-state index contributed by atoms with van der Waals surface area (Å²) in [6.07, 6.45) is 2.57. The number of rotatable bonds is 3. The third-order valence-electron chi connectivity index (χ3n) is 1.87. The van der Waals surface area contributed by atoms with E-state index in [4.69, 9.17) is 0 Å². The number of hydrogen-bond acceptors (Lipinski definition) is 2. The predicted molar refractivity (Wildman–Crippen MR) is 49.3 cm³/mol. The average Bonchev–Trinajstić information content (AvgIpc) is 2.04. The van der Waals surface area contributed by atoms with Crippen molar-refractivity contribution in [2.75, 3.05) is 7.05 Å². The van der Waals surface area contributed by atoms with Crippen LogP contribution in [0.4, 0.5) is 0 Å². The van der Waals surface area contributed by atoms with Gasteiger partial charge < -0.3 is 10.3 Å². The van der Waals surface area contributed by atoms with Gasteiger partial charge in [-0.15, -0.1) is 0 Å². The van der Waals surface area contributed by atoms with E-state index in [0.29, 0.717) is 6.04 Å². The zero-order chi connectivity index (χ0) is 8.97. The van der Waals surface area contributed by atoms with E-state index in [1.807, 2.05) is 13.1 Å². The molecule has 1 heterocycles. The molecular weight excluding hydrogens is 152 g/mol. The molecule has 0 amide bonds.